The van der Waals surface area contributed by atoms with Crippen molar-refractivity contribution in [3.8, 4) is 11.4 Å². The number of fused-ring (bicyclic) bond motifs is 1. The van der Waals surface area contributed by atoms with E-state index >= 15 is 0 Å². The Morgan fingerprint density at radius 2 is 1.89 bits per heavy atom. The maximum absolute atomic E-state index is 12.7. The van der Waals surface area contributed by atoms with Crippen LogP contribution in [-0.2, 0) is 17.8 Å². The molecule has 144 valence electrons. The summed E-state index contributed by atoms with van der Waals surface area (Å²) in [5.74, 6) is 1.69. The maximum atomic E-state index is 12.7. The van der Waals surface area contributed by atoms with Crippen molar-refractivity contribution in [2.24, 2.45) is 0 Å². The van der Waals surface area contributed by atoms with Gasteiger partial charge >= 0.3 is 0 Å². The van der Waals surface area contributed by atoms with Gasteiger partial charge < -0.3 is 10.6 Å². The Morgan fingerprint density at radius 3 is 2.68 bits per heavy atom. The van der Waals surface area contributed by atoms with Crippen LogP contribution in [0.1, 0.15) is 43.1 Å². The number of anilines is 1. The molecule has 0 spiro atoms. The molecule has 3 N–H and O–H groups in total. The molecule has 2 heterocycles. The molecule has 0 bridgehead atoms. The molecule has 2 aromatic carbocycles. The number of nitrogens with one attached hydrogen (secondary N) is 3. The summed E-state index contributed by atoms with van der Waals surface area (Å²) < 4.78 is 0. The summed E-state index contributed by atoms with van der Waals surface area (Å²) in [7, 11) is 0. The van der Waals surface area contributed by atoms with Gasteiger partial charge in [-0.2, -0.15) is 5.10 Å². The summed E-state index contributed by atoms with van der Waals surface area (Å²) in [6.07, 6.45) is 1.29. The molecule has 1 aromatic heterocycles. The van der Waals surface area contributed by atoms with E-state index in [-0.39, 0.29) is 17.9 Å². The van der Waals surface area contributed by atoms with Crippen LogP contribution in [0.3, 0.4) is 0 Å². The van der Waals surface area contributed by atoms with Gasteiger partial charge in [-0.1, -0.05) is 50.2 Å². The molecule has 4 rings (SSSR count). The number of benzene rings is 2. The molecule has 6 nitrogen and oxygen atoms in total. The Labute approximate surface area is 164 Å². The molecule has 1 aliphatic rings. The third kappa shape index (κ3) is 3.97. The number of hydrogen-bond donors (Lipinski definition) is 3. The van der Waals surface area contributed by atoms with Gasteiger partial charge in [0.25, 0.3) is 0 Å². The summed E-state index contributed by atoms with van der Waals surface area (Å²) in [6, 6.07) is 16.2. The second-order valence-corrected chi connectivity index (χ2v) is 7.55. The van der Waals surface area contributed by atoms with Crippen molar-refractivity contribution in [1.29, 1.82) is 0 Å². The molecule has 28 heavy (non-hydrogen) atoms. The minimum Gasteiger partial charge on any atom is -0.325 e. The second-order valence-electron chi connectivity index (χ2n) is 7.55. The summed E-state index contributed by atoms with van der Waals surface area (Å²) in [4.78, 5) is 17.2. The summed E-state index contributed by atoms with van der Waals surface area (Å²) in [5, 5.41) is 13.8. The molecular formula is C22H25N5O. The molecular weight excluding hydrogens is 350 g/mol. The van der Waals surface area contributed by atoms with Gasteiger partial charge in [-0.05, 0) is 29.7 Å². The van der Waals surface area contributed by atoms with Crippen LogP contribution in [0.25, 0.3) is 11.4 Å². The number of amides is 1. The molecule has 0 saturated heterocycles. The predicted molar refractivity (Wildman–Crippen MR) is 110 cm³/mol. The summed E-state index contributed by atoms with van der Waals surface area (Å²) >= 11 is 0. The number of H-pyrrole nitrogens is 1. The number of nitrogens with zero attached hydrogens (tertiary/aromatic N) is 2. The highest BCUT2D eigenvalue weighted by molar-refractivity contribution is 5.95. The SMILES string of the molecule is CC(C)c1nc(-c2ccccc2NC(=O)C[C@@H]2Cc3ccccc3CN2)n[nH]1. The monoisotopic (exact) mass is 375 g/mol. The molecule has 1 aliphatic heterocycles. The standard InChI is InChI=1S/C22H25N5O/c1-14(2)21-25-22(27-26-21)18-9-5-6-10-19(18)24-20(28)12-17-11-15-7-3-4-8-16(15)13-23-17/h3-10,14,17,23H,11-13H2,1-2H3,(H,24,28)(H,25,26,27)/t17-/m0/s1. The number of aromatic amines is 1. The summed E-state index contributed by atoms with van der Waals surface area (Å²) in [6.45, 7) is 4.93. The molecule has 3 aromatic rings. The maximum Gasteiger partial charge on any atom is 0.225 e. The first-order chi connectivity index (χ1) is 13.6. The molecule has 0 radical (unpaired) electrons. The lowest BCUT2D eigenvalue weighted by molar-refractivity contribution is -0.116. The fourth-order valence-corrected chi connectivity index (χ4v) is 3.53. The third-order valence-corrected chi connectivity index (χ3v) is 5.09. The highest BCUT2D eigenvalue weighted by Crippen LogP contribution is 2.26. The minimum atomic E-state index is -0.0102. The zero-order chi connectivity index (χ0) is 19.5. The van der Waals surface area contributed by atoms with Gasteiger partial charge in [0.05, 0.1) is 5.69 Å². The number of para-hydroxylation sites is 1. The van der Waals surface area contributed by atoms with E-state index in [4.69, 9.17) is 0 Å². The van der Waals surface area contributed by atoms with Crippen molar-refractivity contribution in [2.45, 2.75) is 45.2 Å². The normalized spacial score (nSPS) is 16.0. The Hall–Kier alpha value is -2.99. The third-order valence-electron chi connectivity index (χ3n) is 5.09. The number of carbonyl (C=O) groups is 1. The second kappa shape index (κ2) is 7.94. The van der Waals surface area contributed by atoms with Gasteiger partial charge in [0, 0.05) is 30.5 Å². The highest BCUT2D eigenvalue weighted by atomic mass is 16.1. The van der Waals surface area contributed by atoms with Gasteiger partial charge in [-0.25, -0.2) is 4.98 Å². The molecule has 1 atom stereocenters. The lowest BCUT2D eigenvalue weighted by Crippen LogP contribution is -2.38. The van der Waals surface area contributed by atoms with Crippen LogP contribution < -0.4 is 10.6 Å². The van der Waals surface area contributed by atoms with Gasteiger partial charge in [0.2, 0.25) is 5.91 Å². The van der Waals surface area contributed by atoms with Crippen molar-refractivity contribution in [3.05, 3.63) is 65.5 Å². The van der Waals surface area contributed by atoms with E-state index in [1.165, 1.54) is 11.1 Å². The van der Waals surface area contributed by atoms with Crippen molar-refractivity contribution in [2.75, 3.05) is 5.32 Å². The van der Waals surface area contributed by atoms with Crippen molar-refractivity contribution in [3.63, 3.8) is 0 Å². The van der Waals surface area contributed by atoms with Gasteiger partial charge in [0.1, 0.15) is 5.82 Å². The van der Waals surface area contributed by atoms with Crippen molar-refractivity contribution >= 4 is 11.6 Å². The van der Waals surface area contributed by atoms with Crippen LogP contribution in [0.15, 0.2) is 48.5 Å². The fourth-order valence-electron chi connectivity index (χ4n) is 3.53. The number of hydrogen-bond acceptors (Lipinski definition) is 4. The molecule has 6 heteroatoms. The molecule has 0 saturated carbocycles. The first kappa shape index (κ1) is 18.4. The average molecular weight is 375 g/mol. The Balaban J connectivity index is 1.45. The van der Waals surface area contributed by atoms with Crippen molar-refractivity contribution < 1.29 is 4.79 Å². The smallest absolute Gasteiger partial charge is 0.225 e. The first-order valence-electron chi connectivity index (χ1n) is 9.72. The van der Waals surface area contributed by atoms with E-state index in [0.717, 1.165) is 30.0 Å². The Morgan fingerprint density at radius 1 is 1.14 bits per heavy atom. The average Bonchev–Trinajstić information content (AvgIpc) is 3.18. The van der Waals surface area contributed by atoms with Crippen LogP contribution in [-0.4, -0.2) is 27.1 Å². The van der Waals surface area contributed by atoms with Crippen LogP contribution >= 0.6 is 0 Å². The van der Waals surface area contributed by atoms with E-state index < -0.39 is 0 Å². The fraction of sp³-hybridized carbons (Fsp3) is 0.318. The largest absolute Gasteiger partial charge is 0.325 e. The van der Waals surface area contributed by atoms with Gasteiger partial charge in [-0.3, -0.25) is 9.89 Å². The molecule has 0 fully saturated rings. The van der Waals surface area contributed by atoms with E-state index in [9.17, 15) is 4.79 Å². The van der Waals surface area contributed by atoms with Crippen LogP contribution in [0.2, 0.25) is 0 Å². The molecule has 0 unspecified atom stereocenters. The van der Waals surface area contributed by atoms with E-state index in [2.05, 4.69) is 63.9 Å². The van der Waals surface area contributed by atoms with E-state index in [0.29, 0.717) is 12.2 Å². The van der Waals surface area contributed by atoms with E-state index in [1.807, 2.05) is 24.3 Å². The minimum absolute atomic E-state index is 0.0102. The quantitative estimate of drug-likeness (QED) is 0.636. The van der Waals surface area contributed by atoms with Crippen molar-refractivity contribution in [1.82, 2.24) is 20.5 Å². The van der Waals surface area contributed by atoms with Crippen LogP contribution in [0.4, 0.5) is 5.69 Å². The lowest BCUT2D eigenvalue weighted by atomic mass is 9.94. The number of carbonyl (C=O) groups excluding carboxylic acids is 1. The van der Waals surface area contributed by atoms with E-state index in [1.54, 1.807) is 0 Å². The zero-order valence-corrected chi connectivity index (χ0v) is 16.2. The highest BCUT2D eigenvalue weighted by Gasteiger charge is 2.21. The van der Waals surface area contributed by atoms with Crippen LogP contribution in [0.5, 0.6) is 0 Å². The topological polar surface area (TPSA) is 82.7 Å². The van der Waals surface area contributed by atoms with Gasteiger partial charge in [0.15, 0.2) is 5.82 Å². The number of aromatic nitrogens is 3. The Bertz CT molecular complexity index is 978. The van der Waals surface area contributed by atoms with Gasteiger partial charge in [-0.15, -0.1) is 0 Å². The Kier molecular flexibility index (Phi) is 5.21. The lowest BCUT2D eigenvalue weighted by Gasteiger charge is -2.25. The summed E-state index contributed by atoms with van der Waals surface area (Å²) in [5.41, 5.74) is 4.19. The van der Waals surface area contributed by atoms with Crippen LogP contribution in [0, 0.1) is 0 Å². The molecule has 0 aliphatic carbocycles. The first-order valence-corrected chi connectivity index (χ1v) is 9.72. The number of rotatable bonds is 5. The molecule has 1 amide bonds. The predicted octanol–water partition coefficient (Wildman–Crippen LogP) is 3.64. The zero-order valence-electron chi connectivity index (χ0n) is 16.2.